The Morgan fingerprint density at radius 1 is 1.24 bits per heavy atom. The summed E-state index contributed by atoms with van der Waals surface area (Å²) in [6.45, 7) is 7.97. The second kappa shape index (κ2) is 6.26. The van der Waals surface area contributed by atoms with Gasteiger partial charge in [-0.15, -0.1) is 0 Å². The first-order valence-electron chi connectivity index (χ1n) is 6.74. The molecule has 2 rings (SSSR count). The van der Waals surface area contributed by atoms with E-state index in [4.69, 9.17) is 0 Å². The number of carbonyl (C=O) groups is 1. The van der Waals surface area contributed by atoms with Gasteiger partial charge in [0.15, 0.2) is 5.69 Å². The molecule has 110 valence electrons. The maximum atomic E-state index is 11.4. The van der Waals surface area contributed by atoms with Crippen molar-refractivity contribution in [3.63, 3.8) is 0 Å². The Morgan fingerprint density at radius 3 is 2.52 bits per heavy atom. The van der Waals surface area contributed by atoms with E-state index in [1.54, 1.807) is 6.20 Å². The molecule has 1 aromatic heterocycles. The third kappa shape index (κ3) is 3.61. The molecule has 0 amide bonds. The summed E-state index contributed by atoms with van der Waals surface area (Å²) in [6.07, 6.45) is 1.60. The van der Waals surface area contributed by atoms with Crippen LogP contribution in [0.2, 0.25) is 0 Å². The van der Waals surface area contributed by atoms with E-state index in [0.29, 0.717) is 10.7 Å². The molecule has 0 spiro atoms. The van der Waals surface area contributed by atoms with Gasteiger partial charge < -0.3 is 5.11 Å². The van der Waals surface area contributed by atoms with Crippen LogP contribution in [0.3, 0.4) is 0 Å². The molecule has 4 nitrogen and oxygen atoms in total. The Bertz CT molecular complexity index is 684. The van der Waals surface area contributed by atoms with Gasteiger partial charge in [0.05, 0.1) is 4.90 Å². The van der Waals surface area contributed by atoms with E-state index in [9.17, 15) is 9.90 Å². The van der Waals surface area contributed by atoms with Gasteiger partial charge in [-0.2, -0.15) is 0 Å². The molecular formula is C16H18N2O2S. The molecule has 0 saturated heterocycles. The van der Waals surface area contributed by atoms with Crippen molar-refractivity contribution in [1.29, 1.82) is 0 Å². The zero-order chi connectivity index (χ0) is 15.6. The van der Waals surface area contributed by atoms with Crippen LogP contribution in [0, 0.1) is 13.8 Å². The molecule has 0 aliphatic heterocycles. The third-order valence-electron chi connectivity index (χ3n) is 3.20. The lowest BCUT2D eigenvalue weighted by molar-refractivity contribution is 0.0685. The summed E-state index contributed by atoms with van der Waals surface area (Å²) in [7, 11) is 0. The molecule has 1 N–H and O–H groups in total. The summed E-state index contributed by atoms with van der Waals surface area (Å²) in [4.78, 5) is 21.4. The van der Waals surface area contributed by atoms with Gasteiger partial charge in [0, 0.05) is 17.0 Å². The summed E-state index contributed by atoms with van der Waals surface area (Å²) in [5.41, 5.74) is 2.46. The van der Waals surface area contributed by atoms with Gasteiger partial charge in [0.2, 0.25) is 0 Å². The van der Waals surface area contributed by atoms with Crippen molar-refractivity contribution in [2.75, 3.05) is 0 Å². The molecular weight excluding hydrogens is 284 g/mol. The van der Waals surface area contributed by atoms with Crippen molar-refractivity contribution in [2.24, 2.45) is 0 Å². The Balaban J connectivity index is 2.39. The van der Waals surface area contributed by atoms with Crippen LogP contribution in [0.15, 0.2) is 34.2 Å². The van der Waals surface area contributed by atoms with Gasteiger partial charge >= 0.3 is 5.97 Å². The first-order valence-corrected chi connectivity index (χ1v) is 7.55. The maximum Gasteiger partial charge on any atom is 0.355 e. The van der Waals surface area contributed by atoms with E-state index in [2.05, 4.69) is 9.97 Å². The van der Waals surface area contributed by atoms with E-state index >= 15 is 0 Å². The summed E-state index contributed by atoms with van der Waals surface area (Å²) in [5.74, 6) is -0.369. The van der Waals surface area contributed by atoms with Crippen molar-refractivity contribution < 1.29 is 9.90 Å². The minimum absolute atomic E-state index is 0.0666. The lowest BCUT2D eigenvalue weighted by Gasteiger charge is -2.09. The minimum atomic E-state index is -1.02. The number of hydrogen-bond acceptors (Lipinski definition) is 4. The van der Waals surface area contributed by atoms with Crippen LogP contribution in [-0.2, 0) is 0 Å². The number of nitrogens with zero attached hydrogens (tertiary/aromatic N) is 2. The van der Waals surface area contributed by atoms with Crippen molar-refractivity contribution >= 4 is 17.7 Å². The Morgan fingerprint density at radius 2 is 1.95 bits per heavy atom. The molecule has 0 unspecified atom stereocenters. The van der Waals surface area contributed by atoms with E-state index in [1.165, 1.54) is 22.9 Å². The third-order valence-corrected chi connectivity index (χ3v) is 4.21. The number of rotatable bonds is 4. The average molecular weight is 302 g/mol. The molecule has 1 aromatic carbocycles. The fourth-order valence-electron chi connectivity index (χ4n) is 1.79. The summed E-state index contributed by atoms with van der Waals surface area (Å²) in [6, 6.07) is 6.05. The van der Waals surface area contributed by atoms with Gasteiger partial charge in [-0.3, -0.25) is 0 Å². The van der Waals surface area contributed by atoms with E-state index in [0.717, 1.165) is 4.90 Å². The first kappa shape index (κ1) is 15.5. The van der Waals surface area contributed by atoms with Crippen LogP contribution in [-0.4, -0.2) is 21.0 Å². The average Bonchev–Trinajstić information content (AvgIpc) is 2.43. The highest BCUT2D eigenvalue weighted by Crippen LogP contribution is 2.31. The molecule has 0 fully saturated rings. The van der Waals surface area contributed by atoms with Crippen molar-refractivity contribution in [3.05, 3.63) is 47.0 Å². The lowest BCUT2D eigenvalue weighted by atomic mass is 10.1. The number of aryl methyl sites for hydroxylation is 2. The van der Waals surface area contributed by atoms with Crippen LogP contribution < -0.4 is 0 Å². The monoisotopic (exact) mass is 302 g/mol. The summed E-state index contributed by atoms with van der Waals surface area (Å²) in [5, 5.41) is 9.34. The second-order valence-corrected chi connectivity index (χ2v) is 6.36. The van der Waals surface area contributed by atoms with Crippen LogP contribution in [0.1, 0.15) is 47.2 Å². The van der Waals surface area contributed by atoms with E-state index in [-0.39, 0.29) is 11.6 Å². The quantitative estimate of drug-likeness (QED) is 0.922. The Kier molecular flexibility index (Phi) is 4.63. The Hall–Kier alpha value is -1.88. The van der Waals surface area contributed by atoms with Crippen molar-refractivity contribution in [3.8, 4) is 0 Å². The topological polar surface area (TPSA) is 63.1 Å². The second-order valence-electron chi connectivity index (χ2n) is 5.25. The largest absolute Gasteiger partial charge is 0.476 e. The minimum Gasteiger partial charge on any atom is -0.476 e. The highest BCUT2D eigenvalue weighted by atomic mass is 32.2. The van der Waals surface area contributed by atoms with Crippen LogP contribution in [0.4, 0.5) is 0 Å². The SMILES string of the molecule is Cc1ccc(Sc2cnc(C(C)C)nc2C(=O)O)cc1C. The van der Waals surface area contributed by atoms with Gasteiger partial charge in [-0.25, -0.2) is 14.8 Å². The smallest absolute Gasteiger partial charge is 0.355 e. The standard InChI is InChI=1S/C16H18N2O2S/c1-9(2)15-17-8-13(14(18-15)16(19)20)21-12-6-5-10(3)11(4)7-12/h5-9H,1-4H3,(H,19,20). The Labute approximate surface area is 128 Å². The fraction of sp³-hybridized carbons (Fsp3) is 0.312. The number of carboxylic acids is 1. The number of benzene rings is 1. The molecule has 0 radical (unpaired) electrons. The summed E-state index contributed by atoms with van der Waals surface area (Å²) >= 11 is 1.38. The molecule has 5 heteroatoms. The molecule has 0 atom stereocenters. The molecule has 2 aromatic rings. The maximum absolute atomic E-state index is 11.4. The molecule has 0 bridgehead atoms. The van der Waals surface area contributed by atoms with Gasteiger partial charge in [0.1, 0.15) is 5.82 Å². The fourth-order valence-corrected chi connectivity index (χ4v) is 2.76. The zero-order valence-corrected chi connectivity index (χ0v) is 13.4. The van der Waals surface area contributed by atoms with Crippen LogP contribution >= 0.6 is 11.8 Å². The van der Waals surface area contributed by atoms with Crippen molar-refractivity contribution in [1.82, 2.24) is 9.97 Å². The molecule has 0 saturated carbocycles. The van der Waals surface area contributed by atoms with Crippen LogP contribution in [0.25, 0.3) is 0 Å². The highest BCUT2D eigenvalue weighted by Gasteiger charge is 2.16. The van der Waals surface area contributed by atoms with Gasteiger partial charge in [-0.05, 0) is 37.1 Å². The highest BCUT2D eigenvalue weighted by molar-refractivity contribution is 7.99. The van der Waals surface area contributed by atoms with E-state index in [1.807, 2.05) is 45.9 Å². The van der Waals surface area contributed by atoms with Crippen LogP contribution in [0.5, 0.6) is 0 Å². The summed E-state index contributed by atoms with van der Waals surface area (Å²) < 4.78 is 0. The predicted molar refractivity (Wildman–Crippen MR) is 83.1 cm³/mol. The normalized spacial score (nSPS) is 10.9. The predicted octanol–water partition coefficient (Wildman–Crippen LogP) is 4.07. The molecule has 0 aliphatic rings. The number of aromatic carboxylic acids is 1. The number of hydrogen-bond donors (Lipinski definition) is 1. The molecule has 21 heavy (non-hydrogen) atoms. The number of carboxylic acid groups (broad SMARTS) is 1. The lowest BCUT2D eigenvalue weighted by Crippen LogP contribution is -2.08. The zero-order valence-electron chi connectivity index (χ0n) is 12.5. The van der Waals surface area contributed by atoms with Gasteiger partial charge in [0.25, 0.3) is 0 Å². The molecule has 0 aliphatic carbocycles. The number of aromatic nitrogens is 2. The molecule has 1 heterocycles. The van der Waals surface area contributed by atoms with Gasteiger partial charge in [-0.1, -0.05) is 31.7 Å². The van der Waals surface area contributed by atoms with Crippen molar-refractivity contribution in [2.45, 2.75) is 43.4 Å². The van der Waals surface area contributed by atoms with E-state index < -0.39 is 5.97 Å². The first-order chi connectivity index (χ1) is 9.88.